The molecule has 1 heterocycles. The molecule has 1 fully saturated rings. The van der Waals surface area contributed by atoms with Crippen LogP contribution in [-0.4, -0.2) is 17.0 Å². The van der Waals surface area contributed by atoms with Gasteiger partial charge in [0, 0.05) is 13.5 Å². The van der Waals surface area contributed by atoms with Gasteiger partial charge in [0.05, 0.1) is 10.2 Å². The molecule has 0 aliphatic heterocycles. The minimum atomic E-state index is 0.834. The summed E-state index contributed by atoms with van der Waals surface area (Å²) in [5, 5.41) is 3.13. The van der Waals surface area contributed by atoms with Gasteiger partial charge in [-0.2, -0.15) is 0 Å². The molecule has 16 heavy (non-hydrogen) atoms. The first kappa shape index (κ1) is 11.8. The van der Waals surface area contributed by atoms with E-state index < -0.39 is 0 Å². The summed E-state index contributed by atoms with van der Waals surface area (Å²) >= 11 is 3.57. The van der Waals surface area contributed by atoms with Gasteiger partial charge in [-0.05, 0) is 41.1 Å². The van der Waals surface area contributed by atoms with Crippen molar-refractivity contribution in [3.05, 3.63) is 16.0 Å². The van der Waals surface area contributed by atoms with Crippen LogP contribution in [0.3, 0.4) is 0 Å². The molecule has 2 rings (SSSR count). The molecule has 3 nitrogen and oxygen atoms in total. The lowest BCUT2D eigenvalue weighted by atomic mass is 10.2. The van der Waals surface area contributed by atoms with E-state index in [9.17, 15) is 0 Å². The van der Waals surface area contributed by atoms with Crippen LogP contribution in [0.15, 0.2) is 4.47 Å². The summed E-state index contributed by atoms with van der Waals surface area (Å²) in [4.78, 5) is 9.20. The average Bonchev–Trinajstić information content (AvgIpc) is 3.07. The summed E-state index contributed by atoms with van der Waals surface area (Å²) in [5.41, 5.74) is 1.14. The maximum absolute atomic E-state index is 4.65. The Morgan fingerprint density at radius 2 is 2.12 bits per heavy atom. The minimum Gasteiger partial charge on any atom is -0.372 e. The van der Waals surface area contributed by atoms with E-state index in [2.05, 4.69) is 38.1 Å². The van der Waals surface area contributed by atoms with Crippen molar-refractivity contribution in [2.45, 2.75) is 39.0 Å². The average molecular weight is 284 g/mol. The summed E-state index contributed by atoms with van der Waals surface area (Å²) in [6.45, 7) is 2.17. The molecule has 1 aromatic heterocycles. The van der Waals surface area contributed by atoms with Gasteiger partial charge in [0.1, 0.15) is 11.6 Å². The minimum absolute atomic E-state index is 0.834. The number of rotatable bonds is 5. The van der Waals surface area contributed by atoms with Crippen LogP contribution in [0, 0.1) is 5.92 Å². The van der Waals surface area contributed by atoms with E-state index in [0.717, 1.165) is 47.0 Å². The van der Waals surface area contributed by atoms with Crippen molar-refractivity contribution in [1.29, 1.82) is 0 Å². The van der Waals surface area contributed by atoms with Gasteiger partial charge in [0.2, 0.25) is 0 Å². The quantitative estimate of drug-likeness (QED) is 0.902. The SMILES string of the molecule is CCCc1nc(CC2CC2)nc(NC)c1Br. The fourth-order valence-corrected chi connectivity index (χ4v) is 2.36. The van der Waals surface area contributed by atoms with E-state index >= 15 is 0 Å². The molecule has 0 amide bonds. The second kappa shape index (κ2) is 5.13. The van der Waals surface area contributed by atoms with Crippen molar-refractivity contribution < 1.29 is 0 Å². The Morgan fingerprint density at radius 3 is 2.69 bits per heavy atom. The Hall–Kier alpha value is -0.640. The molecule has 1 N–H and O–H groups in total. The lowest BCUT2D eigenvalue weighted by Gasteiger charge is -2.10. The molecule has 0 saturated heterocycles. The van der Waals surface area contributed by atoms with Crippen LogP contribution >= 0.6 is 15.9 Å². The smallest absolute Gasteiger partial charge is 0.144 e. The number of aryl methyl sites for hydroxylation is 1. The number of nitrogens with one attached hydrogen (secondary N) is 1. The monoisotopic (exact) mass is 283 g/mol. The van der Waals surface area contributed by atoms with Crippen LogP contribution in [0.5, 0.6) is 0 Å². The molecular formula is C12H18BrN3. The zero-order valence-corrected chi connectivity index (χ0v) is 11.5. The Bertz CT molecular complexity index is 375. The van der Waals surface area contributed by atoms with E-state index in [4.69, 9.17) is 0 Å². The maximum atomic E-state index is 4.65. The summed E-state index contributed by atoms with van der Waals surface area (Å²) < 4.78 is 1.02. The molecule has 0 radical (unpaired) electrons. The molecule has 1 aliphatic rings. The third-order valence-corrected chi connectivity index (χ3v) is 3.69. The number of aromatic nitrogens is 2. The summed E-state index contributed by atoms with van der Waals surface area (Å²) in [6, 6.07) is 0. The van der Waals surface area contributed by atoms with Crippen LogP contribution in [0.25, 0.3) is 0 Å². The lowest BCUT2D eigenvalue weighted by molar-refractivity contribution is 0.747. The van der Waals surface area contributed by atoms with E-state index in [-0.39, 0.29) is 0 Å². The first-order chi connectivity index (χ1) is 7.74. The number of nitrogens with zero attached hydrogens (tertiary/aromatic N) is 2. The van der Waals surface area contributed by atoms with Gasteiger partial charge < -0.3 is 5.32 Å². The fraction of sp³-hybridized carbons (Fsp3) is 0.667. The topological polar surface area (TPSA) is 37.8 Å². The van der Waals surface area contributed by atoms with Crippen LogP contribution < -0.4 is 5.32 Å². The Morgan fingerprint density at radius 1 is 1.38 bits per heavy atom. The van der Waals surface area contributed by atoms with E-state index in [1.807, 2.05) is 7.05 Å². The zero-order chi connectivity index (χ0) is 11.5. The third-order valence-electron chi connectivity index (χ3n) is 2.86. The van der Waals surface area contributed by atoms with E-state index in [0.29, 0.717) is 0 Å². The number of hydrogen-bond acceptors (Lipinski definition) is 3. The Kier molecular flexibility index (Phi) is 3.79. The normalized spacial score (nSPS) is 15.2. The van der Waals surface area contributed by atoms with E-state index in [1.54, 1.807) is 0 Å². The zero-order valence-electron chi connectivity index (χ0n) is 9.89. The van der Waals surface area contributed by atoms with Crippen LogP contribution in [0.4, 0.5) is 5.82 Å². The van der Waals surface area contributed by atoms with Crippen molar-refractivity contribution in [1.82, 2.24) is 9.97 Å². The molecule has 1 saturated carbocycles. The highest BCUT2D eigenvalue weighted by molar-refractivity contribution is 9.10. The van der Waals surface area contributed by atoms with Crippen molar-refractivity contribution in [2.75, 3.05) is 12.4 Å². The van der Waals surface area contributed by atoms with Crippen LogP contribution in [0.2, 0.25) is 0 Å². The number of hydrogen-bond donors (Lipinski definition) is 1. The second-order valence-electron chi connectivity index (χ2n) is 4.40. The van der Waals surface area contributed by atoms with E-state index in [1.165, 1.54) is 12.8 Å². The van der Waals surface area contributed by atoms with Crippen LogP contribution in [0.1, 0.15) is 37.7 Å². The molecule has 0 bridgehead atoms. The van der Waals surface area contributed by atoms with Gasteiger partial charge in [-0.15, -0.1) is 0 Å². The van der Waals surface area contributed by atoms with Gasteiger partial charge in [0.25, 0.3) is 0 Å². The Balaban J connectivity index is 2.26. The molecular weight excluding hydrogens is 266 g/mol. The highest BCUT2D eigenvalue weighted by atomic mass is 79.9. The van der Waals surface area contributed by atoms with Gasteiger partial charge >= 0.3 is 0 Å². The molecule has 88 valence electrons. The van der Waals surface area contributed by atoms with Gasteiger partial charge in [-0.1, -0.05) is 13.3 Å². The number of anilines is 1. The van der Waals surface area contributed by atoms with Gasteiger partial charge in [0.15, 0.2) is 0 Å². The largest absolute Gasteiger partial charge is 0.372 e. The van der Waals surface area contributed by atoms with Crippen molar-refractivity contribution in [3.63, 3.8) is 0 Å². The highest BCUT2D eigenvalue weighted by Crippen LogP contribution is 2.33. The summed E-state index contributed by atoms with van der Waals surface area (Å²) in [7, 11) is 1.91. The Labute approximate surface area is 105 Å². The van der Waals surface area contributed by atoms with Gasteiger partial charge in [-0.3, -0.25) is 0 Å². The molecule has 4 heteroatoms. The molecule has 0 aromatic carbocycles. The lowest BCUT2D eigenvalue weighted by Crippen LogP contribution is -2.06. The van der Waals surface area contributed by atoms with Crippen molar-refractivity contribution in [3.8, 4) is 0 Å². The molecule has 0 spiro atoms. The van der Waals surface area contributed by atoms with Crippen molar-refractivity contribution in [2.24, 2.45) is 5.92 Å². The number of halogens is 1. The first-order valence-electron chi connectivity index (χ1n) is 5.97. The second-order valence-corrected chi connectivity index (χ2v) is 5.19. The van der Waals surface area contributed by atoms with Crippen LogP contribution in [-0.2, 0) is 12.8 Å². The predicted octanol–water partition coefficient (Wildman–Crippen LogP) is 3.19. The first-order valence-corrected chi connectivity index (χ1v) is 6.77. The summed E-state index contributed by atoms with van der Waals surface area (Å²) in [6.07, 6.45) is 5.85. The fourth-order valence-electron chi connectivity index (χ4n) is 1.78. The molecule has 0 atom stereocenters. The highest BCUT2D eigenvalue weighted by Gasteiger charge is 2.23. The van der Waals surface area contributed by atoms with Crippen molar-refractivity contribution >= 4 is 21.7 Å². The molecule has 1 aromatic rings. The molecule has 0 unspecified atom stereocenters. The summed E-state index contributed by atoms with van der Waals surface area (Å²) in [5.74, 6) is 2.76. The predicted molar refractivity (Wildman–Crippen MR) is 69.7 cm³/mol. The standard InChI is InChI=1S/C12H18BrN3/c1-3-4-9-11(13)12(14-2)16-10(15-9)7-8-5-6-8/h8H,3-7H2,1-2H3,(H,14,15,16). The molecule has 1 aliphatic carbocycles. The van der Waals surface area contributed by atoms with Gasteiger partial charge in [-0.25, -0.2) is 9.97 Å². The third kappa shape index (κ3) is 2.73. The maximum Gasteiger partial charge on any atom is 0.144 e.